The molecule has 0 saturated carbocycles. The molecule has 2 unspecified atom stereocenters. The van der Waals surface area contributed by atoms with E-state index in [9.17, 15) is 0 Å². The number of hydrogen-bond donors (Lipinski definition) is 1. The van der Waals surface area contributed by atoms with Gasteiger partial charge < -0.3 is 15.0 Å². The van der Waals surface area contributed by atoms with Crippen molar-refractivity contribution in [2.24, 2.45) is 0 Å². The summed E-state index contributed by atoms with van der Waals surface area (Å²) in [5.74, 6) is 0.611. The van der Waals surface area contributed by atoms with E-state index < -0.39 is 0 Å². The van der Waals surface area contributed by atoms with E-state index in [1.54, 1.807) is 19.5 Å². The van der Waals surface area contributed by atoms with Crippen molar-refractivity contribution < 1.29 is 4.74 Å². The van der Waals surface area contributed by atoms with E-state index >= 15 is 0 Å². The fourth-order valence-electron chi connectivity index (χ4n) is 2.75. The summed E-state index contributed by atoms with van der Waals surface area (Å²) in [6.07, 6.45) is 3.40. The normalized spacial score (nSPS) is 22.7. The molecule has 0 bridgehead atoms. The van der Waals surface area contributed by atoms with Crippen LogP contribution in [0.5, 0.6) is 5.88 Å². The summed E-state index contributed by atoms with van der Waals surface area (Å²) in [5, 5.41) is 3.54. The number of hydrogen-bond acceptors (Lipinski definition) is 6. The minimum absolute atomic E-state index is 0.122. The van der Waals surface area contributed by atoms with Crippen molar-refractivity contribution in [3.05, 3.63) is 18.1 Å². The van der Waals surface area contributed by atoms with Gasteiger partial charge in [-0.1, -0.05) is 6.92 Å². The van der Waals surface area contributed by atoms with E-state index in [0.717, 1.165) is 31.9 Å². The maximum absolute atomic E-state index is 5.38. The Bertz CT molecular complexity index is 428. The number of rotatable bonds is 5. The highest BCUT2D eigenvalue weighted by Gasteiger charge is 2.33. The van der Waals surface area contributed by atoms with Gasteiger partial charge in [-0.2, -0.15) is 0 Å². The van der Waals surface area contributed by atoms with E-state index in [1.165, 1.54) is 0 Å². The summed E-state index contributed by atoms with van der Waals surface area (Å²) < 4.78 is 5.38. The molecule has 112 valence electrons. The molecule has 2 heterocycles. The van der Waals surface area contributed by atoms with E-state index in [2.05, 4.69) is 46.1 Å². The average molecular weight is 279 g/mol. The number of piperazine rings is 1. The third-order valence-electron chi connectivity index (χ3n) is 3.89. The first-order valence-corrected chi connectivity index (χ1v) is 7.14. The summed E-state index contributed by atoms with van der Waals surface area (Å²) in [6, 6.07) is 0.482. The average Bonchev–Trinajstić information content (AvgIpc) is 2.47. The van der Waals surface area contributed by atoms with Crippen LogP contribution in [0.3, 0.4) is 0 Å². The largest absolute Gasteiger partial charge is 0.480 e. The lowest BCUT2D eigenvalue weighted by atomic mass is 10.0. The Morgan fingerprint density at radius 2 is 2.10 bits per heavy atom. The molecule has 6 heteroatoms. The minimum atomic E-state index is 0.122. The zero-order valence-electron chi connectivity index (χ0n) is 12.8. The second kappa shape index (κ2) is 6.97. The topological polar surface area (TPSA) is 53.5 Å². The fraction of sp³-hybridized carbons (Fsp3) is 0.714. The van der Waals surface area contributed by atoms with Gasteiger partial charge in [0.2, 0.25) is 5.88 Å². The molecule has 1 saturated heterocycles. The van der Waals surface area contributed by atoms with Crippen LogP contribution in [0.1, 0.15) is 18.7 Å². The number of methoxy groups -OCH3 is 1. The zero-order valence-corrected chi connectivity index (χ0v) is 12.8. The zero-order chi connectivity index (χ0) is 14.5. The van der Waals surface area contributed by atoms with Crippen LogP contribution in [-0.2, 0) is 0 Å². The van der Waals surface area contributed by atoms with Crippen LogP contribution in [-0.4, -0.2) is 73.2 Å². The maximum Gasteiger partial charge on any atom is 0.237 e. The van der Waals surface area contributed by atoms with E-state index in [1.807, 2.05) is 0 Å². The number of nitrogens with one attached hydrogen (secondary N) is 1. The molecular formula is C14H25N5O. The quantitative estimate of drug-likeness (QED) is 0.841. The Kier molecular flexibility index (Phi) is 5.28. The number of ether oxygens (including phenoxy) is 1. The Balaban J connectivity index is 2.29. The summed E-state index contributed by atoms with van der Waals surface area (Å²) in [4.78, 5) is 13.5. The molecule has 1 fully saturated rings. The first-order chi connectivity index (χ1) is 9.67. The molecule has 6 nitrogen and oxygen atoms in total. The first-order valence-electron chi connectivity index (χ1n) is 7.14. The third-order valence-corrected chi connectivity index (χ3v) is 3.89. The monoisotopic (exact) mass is 279 g/mol. The van der Waals surface area contributed by atoms with Crippen LogP contribution < -0.4 is 10.1 Å². The van der Waals surface area contributed by atoms with Gasteiger partial charge in [-0.15, -0.1) is 0 Å². The molecular weight excluding hydrogens is 254 g/mol. The predicted octanol–water partition coefficient (Wildman–Crippen LogP) is 0.382. The van der Waals surface area contributed by atoms with Crippen molar-refractivity contribution in [3.8, 4) is 5.88 Å². The van der Waals surface area contributed by atoms with E-state index in [-0.39, 0.29) is 6.04 Å². The van der Waals surface area contributed by atoms with Crippen LogP contribution in [0.15, 0.2) is 12.4 Å². The molecule has 2 rings (SSSR count). The molecule has 0 spiro atoms. The molecule has 1 aliphatic rings. The van der Waals surface area contributed by atoms with Crippen molar-refractivity contribution >= 4 is 0 Å². The van der Waals surface area contributed by atoms with Crippen molar-refractivity contribution in [2.45, 2.75) is 19.0 Å². The fourth-order valence-corrected chi connectivity index (χ4v) is 2.75. The maximum atomic E-state index is 5.38. The lowest BCUT2D eigenvalue weighted by Crippen LogP contribution is -2.55. The Morgan fingerprint density at radius 1 is 1.35 bits per heavy atom. The lowest BCUT2D eigenvalue weighted by molar-refractivity contribution is 0.0859. The van der Waals surface area contributed by atoms with Gasteiger partial charge >= 0.3 is 0 Å². The smallest absolute Gasteiger partial charge is 0.237 e. The van der Waals surface area contributed by atoms with Crippen LogP contribution in [0, 0.1) is 0 Å². The van der Waals surface area contributed by atoms with Crippen molar-refractivity contribution in [1.29, 1.82) is 0 Å². The Hall–Kier alpha value is -1.24. The molecule has 20 heavy (non-hydrogen) atoms. The molecule has 1 N–H and O–H groups in total. The molecule has 0 aliphatic carbocycles. The summed E-state index contributed by atoms with van der Waals surface area (Å²) in [6.45, 7) is 6.17. The number of nitrogens with zero attached hydrogens (tertiary/aromatic N) is 4. The standard InChI is InChI=1S/C14H25N5O/c1-5-15-12(11-10-18(2)8-9-19(11)3)13-14(20-4)17-7-6-16-13/h6-7,11-12,15H,5,8-10H2,1-4H3. The molecule has 0 aromatic carbocycles. The van der Waals surface area contributed by atoms with Crippen molar-refractivity contribution in [3.63, 3.8) is 0 Å². The first kappa shape index (κ1) is 15.2. The summed E-state index contributed by atoms with van der Waals surface area (Å²) in [5.41, 5.74) is 0.893. The van der Waals surface area contributed by atoms with Gasteiger partial charge in [-0.3, -0.25) is 9.88 Å². The Morgan fingerprint density at radius 3 is 2.80 bits per heavy atom. The number of aromatic nitrogens is 2. The van der Waals surface area contributed by atoms with E-state index in [0.29, 0.717) is 11.9 Å². The second-order valence-electron chi connectivity index (χ2n) is 5.30. The van der Waals surface area contributed by atoms with Gasteiger partial charge in [0.25, 0.3) is 0 Å². The summed E-state index contributed by atoms with van der Waals surface area (Å²) >= 11 is 0. The van der Waals surface area contributed by atoms with Gasteiger partial charge in [-0.05, 0) is 20.6 Å². The molecule has 0 radical (unpaired) electrons. The molecule has 2 atom stereocenters. The van der Waals surface area contributed by atoms with Crippen molar-refractivity contribution in [1.82, 2.24) is 25.1 Å². The van der Waals surface area contributed by atoms with Crippen LogP contribution >= 0.6 is 0 Å². The highest BCUT2D eigenvalue weighted by Crippen LogP contribution is 2.26. The van der Waals surface area contributed by atoms with Crippen LogP contribution in [0.25, 0.3) is 0 Å². The van der Waals surface area contributed by atoms with Crippen LogP contribution in [0.2, 0.25) is 0 Å². The van der Waals surface area contributed by atoms with Gasteiger partial charge in [0, 0.05) is 38.1 Å². The molecule has 1 aromatic heterocycles. The lowest BCUT2D eigenvalue weighted by Gasteiger charge is -2.42. The van der Waals surface area contributed by atoms with E-state index in [4.69, 9.17) is 4.74 Å². The SMILES string of the molecule is CCNC(c1nccnc1OC)C1CN(C)CCN1C. The third kappa shape index (κ3) is 3.26. The molecule has 1 aliphatic heterocycles. The highest BCUT2D eigenvalue weighted by atomic mass is 16.5. The highest BCUT2D eigenvalue weighted by molar-refractivity contribution is 5.23. The summed E-state index contributed by atoms with van der Waals surface area (Å²) in [7, 11) is 5.98. The molecule has 0 amide bonds. The minimum Gasteiger partial charge on any atom is -0.480 e. The van der Waals surface area contributed by atoms with Crippen molar-refractivity contribution in [2.75, 3.05) is 47.4 Å². The van der Waals surface area contributed by atoms with Crippen LogP contribution in [0.4, 0.5) is 0 Å². The molecule has 1 aromatic rings. The van der Waals surface area contributed by atoms with Gasteiger partial charge in [0.15, 0.2) is 0 Å². The number of likely N-dealkylation sites (N-methyl/N-ethyl adjacent to an activating group) is 3. The van der Waals surface area contributed by atoms with Gasteiger partial charge in [-0.25, -0.2) is 4.98 Å². The van der Waals surface area contributed by atoms with Gasteiger partial charge in [0.05, 0.1) is 13.2 Å². The predicted molar refractivity (Wildman–Crippen MR) is 78.9 cm³/mol. The van der Waals surface area contributed by atoms with Gasteiger partial charge in [0.1, 0.15) is 5.69 Å². The Labute approximate surface area is 121 Å². The second-order valence-corrected chi connectivity index (χ2v) is 5.30.